The summed E-state index contributed by atoms with van der Waals surface area (Å²) in [6.45, 7) is 0. The van der Waals surface area contributed by atoms with Gasteiger partial charge in [0.15, 0.2) is 0 Å². The molecule has 1 unspecified atom stereocenters. The standard InChI is InChI=1S/C24H24BrF3N2O3/c1-32-22(31)18-5-3-17(4-6-18)20-14-23(30-29-20)10-8-15(9-11-23)12-16-2-7-21(19(25)13-16)33-24(26,27)28/h2-7,13,15,20H,8-12,14H2,1H3. The van der Waals surface area contributed by atoms with E-state index in [4.69, 9.17) is 4.74 Å². The van der Waals surface area contributed by atoms with Crippen molar-refractivity contribution in [1.82, 2.24) is 0 Å². The lowest BCUT2D eigenvalue weighted by Gasteiger charge is -2.34. The first-order valence-corrected chi connectivity index (χ1v) is 11.6. The Morgan fingerprint density at radius 2 is 1.85 bits per heavy atom. The number of benzene rings is 2. The van der Waals surface area contributed by atoms with Crippen molar-refractivity contribution in [2.45, 2.75) is 56.5 Å². The van der Waals surface area contributed by atoms with E-state index in [1.807, 2.05) is 12.1 Å². The van der Waals surface area contributed by atoms with Crippen molar-refractivity contribution in [3.05, 3.63) is 63.6 Å². The van der Waals surface area contributed by atoms with E-state index in [0.29, 0.717) is 16.0 Å². The van der Waals surface area contributed by atoms with E-state index < -0.39 is 6.36 Å². The third-order valence-corrected chi connectivity index (χ3v) is 7.10. The van der Waals surface area contributed by atoms with Crippen molar-refractivity contribution in [3.8, 4) is 5.75 Å². The highest BCUT2D eigenvalue weighted by atomic mass is 79.9. The molecule has 2 aromatic rings. The molecule has 9 heteroatoms. The van der Waals surface area contributed by atoms with Gasteiger partial charge in [0.2, 0.25) is 0 Å². The molecule has 4 rings (SSSR count). The zero-order valence-corrected chi connectivity index (χ0v) is 19.7. The van der Waals surface area contributed by atoms with Crippen molar-refractivity contribution in [2.24, 2.45) is 16.1 Å². The Morgan fingerprint density at radius 1 is 1.15 bits per heavy atom. The summed E-state index contributed by atoms with van der Waals surface area (Å²) >= 11 is 3.18. The van der Waals surface area contributed by atoms with Crippen molar-refractivity contribution < 1.29 is 27.4 Å². The quantitative estimate of drug-likeness (QED) is 0.388. The topological polar surface area (TPSA) is 60.2 Å². The van der Waals surface area contributed by atoms with Crippen LogP contribution in [0.2, 0.25) is 0 Å². The van der Waals surface area contributed by atoms with E-state index in [-0.39, 0.29) is 23.3 Å². The smallest absolute Gasteiger partial charge is 0.465 e. The van der Waals surface area contributed by atoms with Gasteiger partial charge in [0, 0.05) is 6.42 Å². The summed E-state index contributed by atoms with van der Waals surface area (Å²) in [6.07, 6.45) is 0.807. The normalized spacial score (nSPS) is 24.8. The van der Waals surface area contributed by atoms with Gasteiger partial charge < -0.3 is 9.47 Å². The van der Waals surface area contributed by atoms with Crippen LogP contribution in [0, 0.1) is 5.92 Å². The molecule has 1 spiro atoms. The maximum absolute atomic E-state index is 12.5. The molecule has 1 atom stereocenters. The molecule has 0 saturated heterocycles. The number of alkyl halides is 3. The molecule has 1 saturated carbocycles. The Hall–Kier alpha value is -2.42. The molecule has 1 fully saturated rings. The SMILES string of the molecule is COC(=O)c1ccc(C2CC3(CCC(Cc4ccc(OC(F)(F)F)c(Br)c4)CC3)N=N2)cc1. The summed E-state index contributed by atoms with van der Waals surface area (Å²) in [5.74, 6) is -0.143. The molecule has 2 aliphatic rings. The molecule has 0 amide bonds. The predicted octanol–water partition coefficient (Wildman–Crippen LogP) is 7.20. The third kappa shape index (κ3) is 5.75. The first kappa shape index (κ1) is 23.7. The largest absolute Gasteiger partial charge is 0.573 e. The van der Waals surface area contributed by atoms with Crippen LogP contribution >= 0.6 is 15.9 Å². The summed E-state index contributed by atoms with van der Waals surface area (Å²) in [4.78, 5) is 11.6. The number of rotatable bonds is 5. The monoisotopic (exact) mass is 524 g/mol. The third-order valence-electron chi connectivity index (χ3n) is 6.48. The molecule has 0 N–H and O–H groups in total. The number of methoxy groups -OCH3 is 1. The molecular formula is C24H24BrF3N2O3. The maximum Gasteiger partial charge on any atom is 0.573 e. The highest BCUT2D eigenvalue weighted by molar-refractivity contribution is 9.10. The Labute approximate surface area is 198 Å². The Morgan fingerprint density at radius 3 is 2.45 bits per heavy atom. The van der Waals surface area contributed by atoms with Crippen LogP contribution in [-0.2, 0) is 11.2 Å². The minimum absolute atomic E-state index is 0.00891. The number of azo groups is 1. The van der Waals surface area contributed by atoms with Crippen LogP contribution in [0.1, 0.15) is 59.6 Å². The fraction of sp³-hybridized carbons (Fsp3) is 0.458. The predicted molar refractivity (Wildman–Crippen MR) is 119 cm³/mol. The van der Waals surface area contributed by atoms with Gasteiger partial charge in [-0.3, -0.25) is 0 Å². The first-order chi connectivity index (χ1) is 15.7. The maximum atomic E-state index is 12.5. The van der Waals surface area contributed by atoms with Gasteiger partial charge in [-0.1, -0.05) is 18.2 Å². The van der Waals surface area contributed by atoms with Crippen molar-refractivity contribution in [1.29, 1.82) is 0 Å². The molecule has 5 nitrogen and oxygen atoms in total. The van der Waals surface area contributed by atoms with E-state index in [1.165, 1.54) is 13.2 Å². The Kier molecular flexibility index (Phi) is 6.79. The number of esters is 1. The van der Waals surface area contributed by atoms with Crippen LogP contribution in [0.4, 0.5) is 13.2 Å². The van der Waals surface area contributed by atoms with E-state index in [2.05, 4.69) is 30.9 Å². The van der Waals surface area contributed by atoms with Gasteiger partial charge in [-0.05, 0) is 89.3 Å². The summed E-state index contributed by atoms with van der Waals surface area (Å²) < 4.78 is 46.4. The minimum atomic E-state index is -4.71. The van der Waals surface area contributed by atoms with Crippen LogP contribution in [-0.4, -0.2) is 25.0 Å². The lowest BCUT2D eigenvalue weighted by molar-refractivity contribution is -0.274. The highest BCUT2D eigenvalue weighted by Gasteiger charge is 2.41. The number of carbonyl (C=O) groups excluding carboxylic acids is 1. The second-order valence-electron chi connectivity index (χ2n) is 8.73. The van der Waals surface area contributed by atoms with E-state index in [0.717, 1.165) is 49.7 Å². The summed E-state index contributed by atoms with van der Waals surface area (Å²) in [7, 11) is 1.36. The van der Waals surface area contributed by atoms with Crippen LogP contribution in [0.5, 0.6) is 5.75 Å². The molecule has 0 radical (unpaired) electrons. The number of hydrogen-bond donors (Lipinski definition) is 0. The molecule has 0 aromatic heterocycles. The first-order valence-electron chi connectivity index (χ1n) is 10.8. The number of carbonyl (C=O) groups is 1. The minimum Gasteiger partial charge on any atom is -0.465 e. The van der Waals surface area contributed by atoms with Gasteiger partial charge in [-0.25, -0.2) is 4.79 Å². The van der Waals surface area contributed by atoms with Crippen molar-refractivity contribution in [2.75, 3.05) is 7.11 Å². The van der Waals surface area contributed by atoms with Crippen LogP contribution in [0.15, 0.2) is 57.2 Å². The summed E-state index contributed by atoms with van der Waals surface area (Å²) in [6, 6.07) is 12.1. The zero-order valence-electron chi connectivity index (χ0n) is 18.1. The number of halogens is 4. The Bertz CT molecular complexity index is 1030. The van der Waals surface area contributed by atoms with Crippen molar-refractivity contribution in [3.63, 3.8) is 0 Å². The molecular weight excluding hydrogens is 501 g/mol. The fourth-order valence-corrected chi connectivity index (χ4v) is 5.22. The lowest BCUT2D eigenvalue weighted by atomic mass is 9.72. The number of ether oxygens (including phenoxy) is 2. The second kappa shape index (κ2) is 9.44. The highest BCUT2D eigenvalue weighted by Crippen LogP contribution is 2.47. The van der Waals surface area contributed by atoms with Gasteiger partial charge >= 0.3 is 12.3 Å². The van der Waals surface area contributed by atoms with Crippen LogP contribution < -0.4 is 4.74 Å². The molecule has 33 heavy (non-hydrogen) atoms. The van der Waals surface area contributed by atoms with Gasteiger partial charge in [-0.15, -0.1) is 13.2 Å². The molecule has 176 valence electrons. The number of nitrogens with zero attached hydrogens (tertiary/aromatic N) is 2. The van der Waals surface area contributed by atoms with E-state index >= 15 is 0 Å². The van der Waals surface area contributed by atoms with Crippen LogP contribution in [0.25, 0.3) is 0 Å². The average molecular weight is 525 g/mol. The van der Waals surface area contributed by atoms with E-state index in [1.54, 1.807) is 24.3 Å². The summed E-state index contributed by atoms with van der Waals surface area (Å²) in [5, 5.41) is 9.20. The molecule has 1 aliphatic heterocycles. The lowest BCUT2D eigenvalue weighted by Crippen LogP contribution is -2.31. The van der Waals surface area contributed by atoms with Gasteiger partial charge in [-0.2, -0.15) is 10.2 Å². The number of hydrogen-bond acceptors (Lipinski definition) is 5. The fourth-order valence-electron chi connectivity index (χ4n) is 4.71. The Balaban J connectivity index is 1.31. The second-order valence-corrected chi connectivity index (χ2v) is 9.59. The summed E-state index contributed by atoms with van der Waals surface area (Å²) in [5.41, 5.74) is 2.38. The average Bonchev–Trinajstić information content (AvgIpc) is 3.20. The van der Waals surface area contributed by atoms with Crippen molar-refractivity contribution >= 4 is 21.9 Å². The van der Waals surface area contributed by atoms with Crippen LogP contribution in [0.3, 0.4) is 0 Å². The van der Waals surface area contributed by atoms with Gasteiger partial charge in [0.05, 0.1) is 28.7 Å². The van der Waals surface area contributed by atoms with E-state index in [9.17, 15) is 18.0 Å². The zero-order chi connectivity index (χ0) is 23.6. The van der Waals surface area contributed by atoms with Gasteiger partial charge in [0.1, 0.15) is 5.75 Å². The molecule has 1 aliphatic carbocycles. The van der Waals surface area contributed by atoms with Gasteiger partial charge in [0.25, 0.3) is 0 Å². The molecule has 0 bridgehead atoms. The molecule has 2 aromatic carbocycles. The molecule has 1 heterocycles.